The number of aryl methyl sites for hydroxylation is 2. The summed E-state index contributed by atoms with van der Waals surface area (Å²) in [7, 11) is 0. The maximum atomic E-state index is 7.47. The molecule has 0 radical (unpaired) electrons. The molecule has 0 saturated heterocycles. The third-order valence-electron chi connectivity index (χ3n) is 3.19. The lowest BCUT2D eigenvalue weighted by atomic mass is 10.1. The Bertz CT molecular complexity index is 603. The summed E-state index contributed by atoms with van der Waals surface area (Å²) in [6, 6.07) is 13.7. The molecule has 2 aromatic carbocycles. The molecular weight excluding hydrogens is 248 g/mol. The van der Waals surface area contributed by atoms with E-state index >= 15 is 0 Å². The van der Waals surface area contributed by atoms with Gasteiger partial charge in [0.1, 0.15) is 17.3 Å². The van der Waals surface area contributed by atoms with Crippen molar-refractivity contribution >= 4 is 5.84 Å². The predicted octanol–water partition coefficient (Wildman–Crippen LogP) is 4.02. The van der Waals surface area contributed by atoms with Gasteiger partial charge in [-0.05, 0) is 54.8 Å². The molecular formula is C17H20N2O. The highest BCUT2D eigenvalue weighted by Crippen LogP contribution is 2.24. The van der Waals surface area contributed by atoms with Crippen LogP contribution in [-0.2, 0) is 6.42 Å². The summed E-state index contributed by atoms with van der Waals surface area (Å²) in [5.41, 5.74) is 8.52. The molecule has 0 unspecified atom stereocenters. The second-order valence-electron chi connectivity index (χ2n) is 4.89. The second-order valence-corrected chi connectivity index (χ2v) is 4.89. The van der Waals surface area contributed by atoms with Gasteiger partial charge in [0.05, 0.1) is 0 Å². The summed E-state index contributed by atoms with van der Waals surface area (Å²) in [6.07, 6.45) is 2.23. The Morgan fingerprint density at radius 1 is 1.10 bits per heavy atom. The zero-order valence-electron chi connectivity index (χ0n) is 11.9. The van der Waals surface area contributed by atoms with Crippen molar-refractivity contribution in [2.24, 2.45) is 5.73 Å². The van der Waals surface area contributed by atoms with E-state index in [1.807, 2.05) is 37.3 Å². The number of nitrogen functional groups attached to an aromatic ring is 1. The van der Waals surface area contributed by atoms with Gasteiger partial charge in [0.25, 0.3) is 0 Å². The minimum Gasteiger partial charge on any atom is -0.457 e. The number of amidine groups is 1. The van der Waals surface area contributed by atoms with Crippen LogP contribution >= 0.6 is 0 Å². The Hall–Kier alpha value is -2.29. The van der Waals surface area contributed by atoms with Gasteiger partial charge in [0.2, 0.25) is 0 Å². The van der Waals surface area contributed by atoms with E-state index in [1.54, 1.807) is 0 Å². The van der Waals surface area contributed by atoms with E-state index < -0.39 is 0 Å². The van der Waals surface area contributed by atoms with Crippen LogP contribution in [-0.4, -0.2) is 5.84 Å². The zero-order valence-corrected chi connectivity index (χ0v) is 11.9. The van der Waals surface area contributed by atoms with E-state index in [0.29, 0.717) is 0 Å². The molecule has 104 valence electrons. The smallest absolute Gasteiger partial charge is 0.127 e. The Balaban J connectivity index is 2.13. The fourth-order valence-corrected chi connectivity index (χ4v) is 2.15. The van der Waals surface area contributed by atoms with Gasteiger partial charge in [-0.3, -0.25) is 5.41 Å². The minimum absolute atomic E-state index is 0.0815. The van der Waals surface area contributed by atoms with Crippen LogP contribution in [0.2, 0.25) is 0 Å². The normalized spacial score (nSPS) is 10.3. The molecule has 0 aliphatic carbocycles. The molecule has 3 nitrogen and oxygen atoms in total. The SMILES string of the molecule is CCCc1ccc(Oc2ccc(C(=N)N)c(C)c2)cc1. The summed E-state index contributed by atoms with van der Waals surface area (Å²) >= 11 is 0. The fraction of sp³-hybridized carbons (Fsp3) is 0.235. The van der Waals surface area contributed by atoms with Crippen molar-refractivity contribution in [1.29, 1.82) is 5.41 Å². The number of nitrogens with two attached hydrogens (primary N) is 1. The van der Waals surface area contributed by atoms with Crippen molar-refractivity contribution < 1.29 is 4.74 Å². The van der Waals surface area contributed by atoms with E-state index in [-0.39, 0.29) is 5.84 Å². The van der Waals surface area contributed by atoms with E-state index in [4.69, 9.17) is 15.9 Å². The van der Waals surface area contributed by atoms with Gasteiger partial charge in [-0.25, -0.2) is 0 Å². The molecule has 0 bridgehead atoms. The number of hydrogen-bond acceptors (Lipinski definition) is 2. The predicted molar refractivity (Wildman–Crippen MR) is 82.7 cm³/mol. The highest BCUT2D eigenvalue weighted by atomic mass is 16.5. The first-order chi connectivity index (χ1) is 9.60. The molecule has 0 atom stereocenters. The van der Waals surface area contributed by atoms with E-state index in [0.717, 1.165) is 35.5 Å². The number of ether oxygens (including phenoxy) is 1. The molecule has 3 N–H and O–H groups in total. The van der Waals surface area contributed by atoms with Crippen LogP contribution in [0, 0.1) is 12.3 Å². The number of rotatable bonds is 5. The van der Waals surface area contributed by atoms with Crippen molar-refractivity contribution in [3.05, 3.63) is 59.2 Å². The summed E-state index contributed by atoms with van der Waals surface area (Å²) in [5.74, 6) is 1.66. The van der Waals surface area contributed by atoms with Crippen LogP contribution in [0.25, 0.3) is 0 Å². The molecule has 0 aliphatic heterocycles. The molecule has 0 aliphatic rings. The van der Waals surface area contributed by atoms with Crippen LogP contribution in [0.5, 0.6) is 11.5 Å². The van der Waals surface area contributed by atoms with Gasteiger partial charge in [0, 0.05) is 5.56 Å². The molecule has 0 spiro atoms. The van der Waals surface area contributed by atoms with Gasteiger partial charge in [-0.1, -0.05) is 25.5 Å². The molecule has 0 saturated carbocycles. The minimum atomic E-state index is 0.0815. The van der Waals surface area contributed by atoms with Crippen molar-refractivity contribution in [2.45, 2.75) is 26.7 Å². The standard InChI is InChI=1S/C17H20N2O/c1-3-4-13-5-7-14(8-6-13)20-15-9-10-16(17(18)19)12(2)11-15/h5-11H,3-4H2,1-2H3,(H3,18,19). The lowest BCUT2D eigenvalue weighted by Crippen LogP contribution is -2.12. The largest absolute Gasteiger partial charge is 0.457 e. The van der Waals surface area contributed by atoms with Gasteiger partial charge in [-0.15, -0.1) is 0 Å². The van der Waals surface area contributed by atoms with Crippen molar-refractivity contribution in [2.75, 3.05) is 0 Å². The van der Waals surface area contributed by atoms with Crippen LogP contribution in [0.3, 0.4) is 0 Å². The van der Waals surface area contributed by atoms with Crippen LogP contribution in [0.15, 0.2) is 42.5 Å². The maximum absolute atomic E-state index is 7.47. The molecule has 0 fully saturated rings. The van der Waals surface area contributed by atoms with Gasteiger partial charge >= 0.3 is 0 Å². The number of hydrogen-bond donors (Lipinski definition) is 2. The van der Waals surface area contributed by atoms with Crippen molar-refractivity contribution in [3.63, 3.8) is 0 Å². The Kier molecular flexibility index (Phi) is 4.41. The Labute approximate surface area is 119 Å². The monoisotopic (exact) mass is 268 g/mol. The first-order valence-electron chi connectivity index (χ1n) is 6.82. The third kappa shape index (κ3) is 3.38. The molecule has 0 aromatic heterocycles. The lowest BCUT2D eigenvalue weighted by molar-refractivity contribution is 0.482. The van der Waals surface area contributed by atoms with E-state index in [1.165, 1.54) is 5.56 Å². The summed E-state index contributed by atoms with van der Waals surface area (Å²) in [5, 5.41) is 7.47. The molecule has 0 heterocycles. The zero-order chi connectivity index (χ0) is 14.5. The average Bonchev–Trinajstić information content (AvgIpc) is 2.41. The van der Waals surface area contributed by atoms with Crippen LogP contribution in [0.1, 0.15) is 30.0 Å². The highest BCUT2D eigenvalue weighted by Gasteiger charge is 2.04. The third-order valence-corrected chi connectivity index (χ3v) is 3.19. The maximum Gasteiger partial charge on any atom is 0.127 e. The summed E-state index contributed by atoms with van der Waals surface area (Å²) < 4.78 is 5.82. The second kappa shape index (κ2) is 6.24. The van der Waals surface area contributed by atoms with Crippen LogP contribution in [0.4, 0.5) is 0 Å². The summed E-state index contributed by atoms with van der Waals surface area (Å²) in [6.45, 7) is 4.09. The van der Waals surface area contributed by atoms with Gasteiger partial charge in [0.15, 0.2) is 0 Å². The quantitative estimate of drug-likeness (QED) is 0.635. The van der Waals surface area contributed by atoms with E-state index in [2.05, 4.69) is 19.1 Å². The number of nitrogens with one attached hydrogen (secondary N) is 1. The lowest BCUT2D eigenvalue weighted by Gasteiger charge is -2.09. The highest BCUT2D eigenvalue weighted by molar-refractivity contribution is 5.96. The Morgan fingerprint density at radius 3 is 2.30 bits per heavy atom. The summed E-state index contributed by atoms with van der Waals surface area (Å²) in [4.78, 5) is 0. The van der Waals surface area contributed by atoms with E-state index in [9.17, 15) is 0 Å². The average molecular weight is 268 g/mol. The Morgan fingerprint density at radius 2 is 1.75 bits per heavy atom. The molecule has 2 aromatic rings. The molecule has 3 heteroatoms. The first-order valence-corrected chi connectivity index (χ1v) is 6.82. The van der Waals surface area contributed by atoms with Gasteiger partial charge < -0.3 is 10.5 Å². The van der Waals surface area contributed by atoms with Crippen molar-refractivity contribution in [3.8, 4) is 11.5 Å². The molecule has 20 heavy (non-hydrogen) atoms. The molecule has 2 rings (SSSR count). The topological polar surface area (TPSA) is 59.1 Å². The van der Waals surface area contributed by atoms with Gasteiger partial charge in [-0.2, -0.15) is 0 Å². The molecule has 0 amide bonds. The van der Waals surface area contributed by atoms with Crippen LogP contribution < -0.4 is 10.5 Å². The fourth-order valence-electron chi connectivity index (χ4n) is 2.15. The first kappa shape index (κ1) is 14.1. The van der Waals surface area contributed by atoms with Crippen molar-refractivity contribution in [1.82, 2.24) is 0 Å². The number of benzene rings is 2.